The van der Waals surface area contributed by atoms with Gasteiger partial charge in [-0.3, -0.25) is 0 Å². The molecule has 7 nitrogen and oxygen atoms in total. The van der Waals surface area contributed by atoms with E-state index in [9.17, 15) is 0 Å². The van der Waals surface area contributed by atoms with Crippen LogP contribution in [-0.4, -0.2) is 82.0 Å². The molecule has 0 spiro atoms. The van der Waals surface area contributed by atoms with Gasteiger partial charge in [-0.05, 0) is 61.9 Å². The minimum absolute atomic E-state index is 0.347. The van der Waals surface area contributed by atoms with E-state index in [4.69, 9.17) is 4.94 Å². The van der Waals surface area contributed by atoms with E-state index < -0.39 is 0 Å². The first-order valence-electron chi connectivity index (χ1n) is 10.9. The molecule has 4 aliphatic rings. The fraction of sp³-hybridized carbons (Fsp3) is 0.800. The van der Waals surface area contributed by atoms with Crippen LogP contribution in [0.3, 0.4) is 0 Å². The fourth-order valence-corrected chi connectivity index (χ4v) is 4.79. The Morgan fingerprint density at radius 3 is 1.41 bits per heavy atom. The Morgan fingerprint density at radius 1 is 0.630 bits per heavy atom. The van der Waals surface area contributed by atoms with E-state index in [1.54, 1.807) is 0 Å². The Hall–Kier alpha value is -0.800. The van der Waals surface area contributed by atoms with E-state index in [0.29, 0.717) is 12.1 Å². The fourth-order valence-electron chi connectivity index (χ4n) is 4.79. The number of hydrazine groups is 4. The van der Waals surface area contributed by atoms with E-state index in [1.165, 1.54) is 38.5 Å². The molecule has 0 aromatic carbocycles. The molecular weight excluding hydrogens is 340 g/mol. The number of nitrogens with zero attached hydrogens (tertiary/aromatic N) is 6. The third kappa shape index (κ3) is 4.15. The molecule has 0 bridgehead atoms. The van der Waals surface area contributed by atoms with Crippen molar-refractivity contribution >= 4 is 0 Å². The van der Waals surface area contributed by atoms with Crippen molar-refractivity contribution in [3.05, 3.63) is 25.3 Å². The highest BCUT2D eigenvalue weighted by Crippen LogP contribution is 2.29. The molecule has 152 valence electrons. The maximum absolute atomic E-state index is 6.73. The second-order valence-corrected chi connectivity index (χ2v) is 8.13. The highest BCUT2D eigenvalue weighted by atomic mass is 16.9. The lowest BCUT2D eigenvalue weighted by Crippen LogP contribution is -2.62. The van der Waals surface area contributed by atoms with Crippen LogP contribution >= 0.6 is 0 Å². The average Bonchev–Trinajstić information content (AvgIpc) is 3.50. The van der Waals surface area contributed by atoms with Crippen molar-refractivity contribution in [1.82, 2.24) is 30.6 Å². The van der Waals surface area contributed by atoms with Crippen molar-refractivity contribution in [3.63, 3.8) is 0 Å². The van der Waals surface area contributed by atoms with E-state index in [2.05, 4.69) is 55.9 Å². The molecule has 0 radical (unpaired) electrons. The zero-order valence-corrected chi connectivity index (χ0v) is 16.7. The normalized spacial score (nSPS) is 31.6. The van der Waals surface area contributed by atoms with E-state index in [0.717, 1.165) is 52.1 Å². The SMILES string of the molecule is C=CC1CCCN1N(ON(N1CCCC1)N1CCCC1C=C)N1CCCC1. The van der Waals surface area contributed by atoms with Crippen LogP contribution in [0.5, 0.6) is 0 Å². The first-order chi connectivity index (χ1) is 13.3. The van der Waals surface area contributed by atoms with Gasteiger partial charge in [0, 0.05) is 51.4 Å². The van der Waals surface area contributed by atoms with Gasteiger partial charge >= 0.3 is 0 Å². The van der Waals surface area contributed by atoms with Gasteiger partial charge in [0.05, 0.1) is 0 Å². The van der Waals surface area contributed by atoms with Crippen molar-refractivity contribution < 1.29 is 4.94 Å². The summed E-state index contributed by atoms with van der Waals surface area (Å²) in [5, 5.41) is 13.6. The number of rotatable bonds is 8. The lowest BCUT2D eigenvalue weighted by Gasteiger charge is -2.45. The maximum Gasteiger partial charge on any atom is 0.0460 e. The lowest BCUT2D eigenvalue weighted by molar-refractivity contribution is -0.548. The average molecular weight is 377 g/mol. The molecule has 4 saturated heterocycles. The van der Waals surface area contributed by atoms with Crippen LogP contribution in [0.4, 0.5) is 0 Å². The molecule has 0 aromatic heterocycles. The Balaban J connectivity index is 1.56. The molecule has 4 rings (SSSR count). The van der Waals surface area contributed by atoms with E-state index in [-0.39, 0.29) is 0 Å². The van der Waals surface area contributed by atoms with Gasteiger partial charge in [-0.25, -0.2) is 10.0 Å². The van der Waals surface area contributed by atoms with Crippen molar-refractivity contribution in [2.45, 2.75) is 63.5 Å². The second-order valence-electron chi connectivity index (χ2n) is 8.13. The molecule has 2 unspecified atom stereocenters. The van der Waals surface area contributed by atoms with Crippen LogP contribution < -0.4 is 0 Å². The van der Waals surface area contributed by atoms with Crippen molar-refractivity contribution in [2.24, 2.45) is 0 Å². The summed E-state index contributed by atoms with van der Waals surface area (Å²) in [4.78, 5) is 6.73. The molecule has 0 aromatic rings. The van der Waals surface area contributed by atoms with Gasteiger partial charge in [0.1, 0.15) is 0 Å². The summed E-state index contributed by atoms with van der Waals surface area (Å²) in [7, 11) is 0. The Bertz CT molecular complexity index is 461. The first kappa shape index (κ1) is 19.5. The zero-order chi connectivity index (χ0) is 18.6. The van der Waals surface area contributed by atoms with Crippen molar-refractivity contribution in [2.75, 3.05) is 39.3 Å². The molecule has 7 heteroatoms. The van der Waals surface area contributed by atoms with Gasteiger partial charge in [0.2, 0.25) is 0 Å². The Labute approximate surface area is 164 Å². The monoisotopic (exact) mass is 376 g/mol. The molecular formula is C20H36N6O. The van der Waals surface area contributed by atoms with Gasteiger partial charge in [-0.2, -0.15) is 10.0 Å². The zero-order valence-electron chi connectivity index (χ0n) is 16.7. The number of hydrogen-bond donors (Lipinski definition) is 0. The maximum atomic E-state index is 6.73. The molecule has 4 heterocycles. The predicted molar refractivity (Wildman–Crippen MR) is 106 cm³/mol. The quantitative estimate of drug-likeness (QED) is 0.475. The summed E-state index contributed by atoms with van der Waals surface area (Å²) in [6, 6.07) is 0.694. The van der Waals surface area contributed by atoms with Gasteiger partial charge < -0.3 is 0 Å². The van der Waals surface area contributed by atoms with Gasteiger partial charge in [-0.1, -0.05) is 12.2 Å². The lowest BCUT2D eigenvalue weighted by atomic mass is 10.2. The summed E-state index contributed by atoms with van der Waals surface area (Å²) < 4.78 is 0. The second kappa shape index (κ2) is 9.13. The molecule has 4 aliphatic heterocycles. The third-order valence-corrected chi connectivity index (χ3v) is 6.32. The third-order valence-electron chi connectivity index (χ3n) is 6.32. The van der Waals surface area contributed by atoms with Crippen LogP contribution in [0, 0.1) is 0 Å². The highest BCUT2D eigenvalue weighted by molar-refractivity contribution is 4.91. The smallest absolute Gasteiger partial charge is 0.0460 e. The van der Waals surface area contributed by atoms with E-state index >= 15 is 0 Å². The summed E-state index contributed by atoms with van der Waals surface area (Å²) in [6.45, 7) is 14.4. The van der Waals surface area contributed by atoms with Crippen LogP contribution in [0.25, 0.3) is 0 Å². The van der Waals surface area contributed by atoms with Crippen LogP contribution in [-0.2, 0) is 4.94 Å². The minimum atomic E-state index is 0.347. The molecule has 0 N–H and O–H groups in total. The summed E-state index contributed by atoms with van der Waals surface area (Å²) in [5.74, 6) is 0. The summed E-state index contributed by atoms with van der Waals surface area (Å²) in [5.41, 5.74) is 0. The topological polar surface area (TPSA) is 28.7 Å². The van der Waals surface area contributed by atoms with Gasteiger partial charge in [-0.15, -0.1) is 18.1 Å². The van der Waals surface area contributed by atoms with Crippen LogP contribution in [0.2, 0.25) is 0 Å². The standard InChI is InChI=1S/C20H36N6O/c1-3-19-11-9-17-23(19)25(21-13-5-6-14-21)27-26(22-15-7-8-16-22)24-18-10-12-20(24)4-2/h3-4,19-20H,1-2,5-18H2. The molecule has 0 saturated carbocycles. The van der Waals surface area contributed by atoms with E-state index in [1.807, 2.05) is 0 Å². The largest absolute Gasteiger partial charge is 0.202 e. The van der Waals surface area contributed by atoms with Crippen molar-refractivity contribution in [1.29, 1.82) is 0 Å². The predicted octanol–water partition coefficient (Wildman–Crippen LogP) is 2.59. The molecule has 4 fully saturated rings. The Kier molecular flexibility index (Phi) is 6.60. The molecule has 0 aliphatic carbocycles. The first-order valence-corrected chi connectivity index (χ1v) is 10.9. The molecule has 27 heavy (non-hydrogen) atoms. The highest BCUT2D eigenvalue weighted by Gasteiger charge is 2.40. The Morgan fingerprint density at radius 2 is 1.04 bits per heavy atom. The summed E-state index contributed by atoms with van der Waals surface area (Å²) >= 11 is 0. The summed E-state index contributed by atoms with van der Waals surface area (Å²) in [6.07, 6.45) is 13.7. The minimum Gasteiger partial charge on any atom is -0.202 e. The number of hydrogen-bond acceptors (Lipinski definition) is 7. The molecule has 2 atom stereocenters. The van der Waals surface area contributed by atoms with Gasteiger partial charge in [0.25, 0.3) is 0 Å². The van der Waals surface area contributed by atoms with Gasteiger partial charge in [0.15, 0.2) is 0 Å². The van der Waals surface area contributed by atoms with Crippen LogP contribution in [0.15, 0.2) is 25.3 Å². The van der Waals surface area contributed by atoms with Crippen LogP contribution in [0.1, 0.15) is 51.4 Å². The molecule has 0 amide bonds. The van der Waals surface area contributed by atoms with Crippen molar-refractivity contribution in [3.8, 4) is 0 Å².